The second-order valence-corrected chi connectivity index (χ2v) is 19.3. The summed E-state index contributed by atoms with van der Waals surface area (Å²) in [6.45, 7) is 14.0. The third-order valence-electron chi connectivity index (χ3n) is 13.6. The lowest BCUT2D eigenvalue weighted by molar-refractivity contribution is 0.591. The van der Waals surface area contributed by atoms with Crippen molar-refractivity contribution in [3.05, 3.63) is 169 Å². The van der Waals surface area contributed by atoms with Crippen molar-refractivity contribution < 1.29 is 0 Å². The summed E-state index contributed by atoms with van der Waals surface area (Å²) in [5, 5.41) is 13.8. The van der Waals surface area contributed by atoms with Crippen molar-refractivity contribution in [2.75, 3.05) is 4.90 Å². The van der Waals surface area contributed by atoms with Crippen molar-refractivity contribution in [3.63, 3.8) is 0 Å². The van der Waals surface area contributed by atoms with Gasteiger partial charge in [0.1, 0.15) is 5.65 Å². The maximum absolute atomic E-state index is 5.93. The Morgan fingerprint density at radius 2 is 0.984 bits per heavy atom. The van der Waals surface area contributed by atoms with Crippen LogP contribution in [0.15, 0.2) is 158 Å². The Morgan fingerprint density at radius 3 is 1.66 bits per heavy atom. The Bertz CT molecular complexity index is 3890. The molecule has 0 saturated carbocycles. The van der Waals surface area contributed by atoms with Gasteiger partial charge in [-0.05, 0) is 110 Å². The van der Waals surface area contributed by atoms with Crippen LogP contribution in [0.2, 0.25) is 0 Å². The van der Waals surface area contributed by atoms with Gasteiger partial charge >= 0.3 is 0 Å². The molecule has 13 aromatic rings. The van der Waals surface area contributed by atoms with Gasteiger partial charge in [0.05, 0.1) is 38.8 Å². The molecule has 0 saturated heterocycles. The fourth-order valence-electron chi connectivity index (χ4n) is 10.6. The lowest BCUT2D eigenvalue weighted by atomic mass is 9.85. The molecule has 0 aliphatic heterocycles. The van der Waals surface area contributed by atoms with E-state index in [-0.39, 0.29) is 10.8 Å². The first kappa shape index (κ1) is 34.7. The van der Waals surface area contributed by atoms with Crippen LogP contribution >= 0.6 is 0 Å². The molecule has 61 heavy (non-hydrogen) atoms. The number of para-hydroxylation sites is 2. The van der Waals surface area contributed by atoms with Crippen LogP contribution in [0.1, 0.15) is 52.7 Å². The maximum Gasteiger partial charge on any atom is 0.146 e. The summed E-state index contributed by atoms with van der Waals surface area (Å²) in [5.74, 6) is 0. The van der Waals surface area contributed by atoms with E-state index in [0.717, 1.165) is 33.7 Å². The standard InChI is InChI=1S/C57H44N4/c1-56(2,3)35-28-43-49-39-23-15-13-17-33(39)25-26-46(49)60-47-32-42-41-27-34-18-14-16-24-40(34)50-44-29-36(57(4,5)6)31-48(59(37-19-9-7-10-20-37)38-21-11-8-12-22-38)53(44)61(54(41)50)55(42)58-51(47)45(30-35)52(43)60/h7-32H,1-6H3. The molecule has 0 radical (unpaired) electrons. The van der Waals surface area contributed by atoms with Gasteiger partial charge < -0.3 is 9.30 Å². The molecule has 0 aliphatic rings. The zero-order chi connectivity index (χ0) is 41.1. The van der Waals surface area contributed by atoms with Crippen LogP contribution in [-0.2, 0) is 10.8 Å². The SMILES string of the molecule is CC(C)(C)c1cc(N(c2ccccc2)c2ccccc2)c2c(c1)c1c3ccccc3cc3c4cc5c(nc4n2c31)c1cc(C(C)(C)C)cc2c3c4ccccc4ccc3n5c12. The number of fused-ring (bicyclic) bond motifs is 16. The topological polar surface area (TPSA) is 25.0 Å². The van der Waals surface area contributed by atoms with Gasteiger partial charge in [-0.3, -0.25) is 4.40 Å². The molecule has 13 rings (SSSR count). The molecule has 0 atom stereocenters. The number of hydrogen-bond donors (Lipinski definition) is 0. The molecule has 0 amide bonds. The van der Waals surface area contributed by atoms with Crippen molar-refractivity contribution in [2.45, 2.75) is 52.4 Å². The molecule has 5 aromatic heterocycles. The minimum absolute atomic E-state index is 0.0552. The average Bonchev–Trinajstić information content (AvgIpc) is 3.98. The van der Waals surface area contributed by atoms with Gasteiger partial charge in [0, 0.05) is 49.1 Å². The van der Waals surface area contributed by atoms with Crippen molar-refractivity contribution in [3.8, 4) is 0 Å². The molecule has 5 heterocycles. The molecule has 0 N–H and O–H groups in total. The average molecular weight is 785 g/mol. The zero-order valence-electron chi connectivity index (χ0n) is 35.3. The number of anilines is 3. The highest BCUT2D eigenvalue weighted by Gasteiger charge is 2.30. The van der Waals surface area contributed by atoms with Gasteiger partial charge in [-0.15, -0.1) is 0 Å². The van der Waals surface area contributed by atoms with Crippen LogP contribution in [0.3, 0.4) is 0 Å². The van der Waals surface area contributed by atoms with E-state index >= 15 is 0 Å². The first-order chi connectivity index (χ1) is 29.5. The first-order valence-electron chi connectivity index (χ1n) is 21.6. The minimum Gasteiger partial charge on any atom is -0.308 e. The molecule has 0 fully saturated rings. The monoisotopic (exact) mass is 784 g/mol. The minimum atomic E-state index is -0.101. The number of rotatable bonds is 3. The Balaban J connectivity index is 1.27. The molecule has 8 aromatic carbocycles. The van der Waals surface area contributed by atoms with E-state index in [4.69, 9.17) is 4.98 Å². The van der Waals surface area contributed by atoms with Gasteiger partial charge in [0.2, 0.25) is 0 Å². The van der Waals surface area contributed by atoms with Crippen LogP contribution in [-0.4, -0.2) is 13.8 Å². The van der Waals surface area contributed by atoms with Gasteiger partial charge in [-0.1, -0.05) is 133 Å². The summed E-state index contributed by atoms with van der Waals surface area (Å²) in [7, 11) is 0. The molecule has 0 spiro atoms. The Labute approximate surface area is 353 Å². The first-order valence-corrected chi connectivity index (χ1v) is 21.6. The summed E-state index contributed by atoms with van der Waals surface area (Å²) in [4.78, 5) is 8.38. The summed E-state index contributed by atoms with van der Waals surface area (Å²) in [5.41, 5.74) is 13.9. The highest BCUT2D eigenvalue weighted by Crippen LogP contribution is 2.51. The molecule has 0 unspecified atom stereocenters. The largest absolute Gasteiger partial charge is 0.308 e. The van der Waals surface area contributed by atoms with E-state index in [9.17, 15) is 0 Å². The van der Waals surface area contributed by atoms with Gasteiger partial charge in [0.15, 0.2) is 0 Å². The lowest BCUT2D eigenvalue weighted by Gasteiger charge is -2.29. The molecular weight excluding hydrogens is 741 g/mol. The number of hydrogen-bond acceptors (Lipinski definition) is 2. The third kappa shape index (κ3) is 4.62. The van der Waals surface area contributed by atoms with E-state index < -0.39 is 0 Å². The Kier molecular flexibility index (Phi) is 6.69. The van der Waals surface area contributed by atoms with E-state index in [1.165, 1.54) is 92.4 Å². The van der Waals surface area contributed by atoms with E-state index in [2.05, 4.69) is 213 Å². The van der Waals surface area contributed by atoms with E-state index in [0.29, 0.717) is 0 Å². The summed E-state index contributed by atoms with van der Waals surface area (Å²) in [6.07, 6.45) is 0. The second-order valence-electron chi connectivity index (χ2n) is 19.3. The van der Waals surface area contributed by atoms with Crippen LogP contribution in [0.4, 0.5) is 17.1 Å². The second kappa shape index (κ2) is 11.8. The smallest absolute Gasteiger partial charge is 0.146 e. The predicted octanol–water partition coefficient (Wildman–Crippen LogP) is 15.8. The molecule has 0 bridgehead atoms. The molecule has 4 heteroatoms. The van der Waals surface area contributed by atoms with Crippen LogP contribution in [0.5, 0.6) is 0 Å². The lowest BCUT2D eigenvalue weighted by Crippen LogP contribution is -2.15. The molecule has 0 aliphatic carbocycles. The maximum atomic E-state index is 5.93. The Morgan fingerprint density at radius 1 is 0.410 bits per heavy atom. The highest BCUT2D eigenvalue weighted by atomic mass is 15.2. The Hall–Kier alpha value is -7.17. The molecule has 292 valence electrons. The van der Waals surface area contributed by atoms with Crippen LogP contribution in [0.25, 0.3) is 98.0 Å². The van der Waals surface area contributed by atoms with Crippen molar-refractivity contribution in [1.82, 2.24) is 13.8 Å². The van der Waals surface area contributed by atoms with Crippen LogP contribution in [0, 0.1) is 0 Å². The molecular formula is C57H44N4. The molecule has 4 nitrogen and oxygen atoms in total. The number of aromatic nitrogens is 3. The van der Waals surface area contributed by atoms with Crippen molar-refractivity contribution in [1.29, 1.82) is 0 Å². The fraction of sp³-hybridized carbons (Fsp3) is 0.140. The summed E-state index contributed by atoms with van der Waals surface area (Å²) < 4.78 is 5.03. The number of pyridine rings is 1. The summed E-state index contributed by atoms with van der Waals surface area (Å²) in [6, 6.07) is 58.7. The number of benzene rings is 8. The zero-order valence-corrected chi connectivity index (χ0v) is 35.3. The van der Waals surface area contributed by atoms with Gasteiger partial charge in [0.25, 0.3) is 0 Å². The van der Waals surface area contributed by atoms with Gasteiger partial charge in [-0.25, -0.2) is 4.98 Å². The quantitative estimate of drug-likeness (QED) is 0.178. The normalized spacial score (nSPS) is 13.1. The highest BCUT2D eigenvalue weighted by molar-refractivity contribution is 6.34. The summed E-state index contributed by atoms with van der Waals surface area (Å²) >= 11 is 0. The fourth-order valence-corrected chi connectivity index (χ4v) is 10.6. The van der Waals surface area contributed by atoms with E-state index in [1.807, 2.05) is 0 Å². The third-order valence-corrected chi connectivity index (χ3v) is 13.6. The van der Waals surface area contributed by atoms with Gasteiger partial charge in [-0.2, -0.15) is 0 Å². The predicted molar refractivity (Wildman–Crippen MR) is 261 cm³/mol. The van der Waals surface area contributed by atoms with E-state index in [1.54, 1.807) is 0 Å². The van der Waals surface area contributed by atoms with Crippen molar-refractivity contribution >= 4 is 115 Å². The number of nitrogens with zero attached hydrogens (tertiary/aromatic N) is 4. The van der Waals surface area contributed by atoms with Crippen LogP contribution < -0.4 is 4.90 Å². The van der Waals surface area contributed by atoms with Crippen molar-refractivity contribution in [2.24, 2.45) is 0 Å².